The topological polar surface area (TPSA) is 94.4 Å². The van der Waals surface area contributed by atoms with Gasteiger partial charge >= 0.3 is 0 Å². The highest BCUT2D eigenvalue weighted by atomic mass is 16.5. The Kier molecular flexibility index (Phi) is 5.33. The summed E-state index contributed by atoms with van der Waals surface area (Å²) >= 11 is 0. The van der Waals surface area contributed by atoms with E-state index in [2.05, 4.69) is 68.5 Å². The number of hydrogen-bond donors (Lipinski definition) is 1. The second-order valence-corrected chi connectivity index (χ2v) is 8.68. The molecule has 35 heavy (non-hydrogen) atoms. The maximum atomic E-state index is 6.22. The van der Waals surface area contributed by atoms with Crippen molar-refractivity contribution in [2.75, 3.05) is 0 Å². The average molecular weight is 464 g/mol. The third-order valence-electron chi connectivity index (χ3n) is 6.42. The van der Waals surface area contributed by atoms with Gasteiger partial charge in [-0.15, -0.1) is 5.10 Å². The van der Waals surface area contributed by atoms with Gasteiger partial charge in [0.1, 0.15) is 18.2 Å². The standard InChI is InChI=1S/C27H25N7O/c1-3-8-25-29-21-10-5-6-11-23(21)34(25)15-18-13-14-19-22(28-18)16-35-24-12-7-4-9-20(24)26(19)17(2)27-30-32-33-31-27/h4-7,9-14H,3,8,15-16H2,1-2H3,(H,30,31,32,33). The third-order valence-corrected chi connectivity index (χ3v) is 6.42. The van der Waals surface area contributed by atoms with Crippen LogP contribution in [0.3, 0.4) is 0 Å². The molecule has 0 bridgehead atoms. The molecule has 5 aromatic rings. The van der Waals surface area contributed by atoms with Gasteiger partial charge in [0.05, 0.1) is 29.0 Å². The number of fused-ring (bicyclic) bond motifs is 3. The number of aryl methyl sites for hydroxylation is 1. The molecule has 1 N–H and O–H groups in total. The normalized spacial score (nSPS) is 14.2. The first-order valence-corrected chi connectivity index (χ1v) is 11.8. The van der Waals surface area contributed by atoms with E-state index in [1.165, 1.54) is 0 Å². The van der Waals surface area contributed by atoms with E-state index in [9.17, 15) is 0 Å². The number of nitrogens with zero attached hydrogens (tertiary/aromatic N) is 6. The van der Waals surface area contributed by atoms with Gasteiger partial charge in [0, 0.05) is 28.7 Å². The molecule has 0 saturated heterocycles. The number of nitrogens with one attached hydrogen (secondary N) is 1. The number of hydrogen-bond acceptors (Lipinski definition) is 6. The van der Waals surface area contributed by atoms with E-state index in [0.29, 0.717) is 19.0 Å². The molecule has 0 saturated carbocycles. The van der Waals surface area contributed by atoms with Gasteiger partial charge in [0.25, 0.3) is 0 Å². The fraction of sp³-hybridized carbons (Fsp3) is 0.222. The largest absolute Gasteiger partial charge is 0.487 e. The first-order valence-electron chi connectivity index (χ1n) is 11.8. The number of ether oxygens (including phenoxy) is 1. The maximum Gasteiger partial charge on any atom is 0.175 e. The summed E-state index contributed by atoms with van der Waals surface area (Å²) in [5, 5.41) is 14.6. The maximum absolute atomic E-state index is 6.22. The van der Waals surface area contributed by atoms with Crippen molar-refractivity contribution in [3.8, 4) is 5.75 Å². The highest BCUT2D eigenvalue weighted by molar-refractivity contribution is 5.99. The molecule has 0 fully saturated rings. The zero-order valence-electron chi connectivity index (χ0n) is 19.7. The van der Waals surface area contributed by atoms with Crippen molar-refractivity contribution < 1.29 is 4.74 Å². The Hall–Kier alpha value is -4.33. The van der Waals surface area contributed by atoms with Crippen molar-refractivity contribution >= 4 is 22.2 Å². The Morgan fingerprint density at radius 2 is 1.86 bits per heavy atom. The van der Waals surface area contributed by atoms with Crippen LogP contribution in [0.15, 0.2) is 60.7 Å². The molecular formula is C27H25N7O. The lowest BCUT2D eigenvalue weighted by Gasteiger charge is -2.14. The van der Waals surface area contributed by atoms with Crippen LogP contribution in [-0.2, 0) is 19.6 Å². The van der Waals surface area contributed by atoms with Crippen LogP contribution in [0.2, 0.25) is 0 Å². The van der Waals surface area contributed by atoms with Crippen LogP contribution in [0.1, 0.15) is 54.4 Å². The number of imidazole rings is 1. The van der Waals surface area contributed by atoms with Crippen molar-refractivity contribution in [3.05, 3.63) is 94.8 Å². The summed E-state index contributed by atoms with van der Waals surface area (Å²) in [5.74, 6) is 2.53. The Morgan fingerprint density at radius 1 is 1.00 bits per heavy atom. The minimum absolute atomic E-state index is 0.387. The molecule has 0 unspecified atom stereocenters. The van der Waals surface area contributed by atoms with Crippen LogP contribution in [0.5, 0.6) is 5.75 Å². The Balaban J connectivity index is 1.47. The second kappa shape index (κ2) is 8.79. The van der Waals surface area contributed by atoms with Crippen molar-refractivity contribution in [2.24, 2.45) is 0 Å². The molecule has 1 aliphatic rings. The van der Waals surface area contributed by atoms with Crippen LogP contribution in [-0.4, -0.2) is 35.2 Å². The van der Waals surface area contributed by atoms with Crippen molar-refractivity contribution in [1.29, 1.82) is 0 Å². The summed E-state index contributed by atoms with van der Waals surface area (Å²) in [4.78, 5) is 9.96. The molecule has 174 valence electrons. The van der Waals surface area contributed by atoms with Crippen LogP contribution < -0.4 is 4.74 Å². The van der Waals surface area contributed by atoms with E-state index in [4.69, 9.17) is 14.7 Å². The smallest absolute Gasteiger partial charge is 0.175 e. The highest BCUT2D eigenvalue weighted by Crippen LogP contribution is 2.40. The van der Waals surface area contributed by atoms with E-state index in [1.54, 1.807) is 0 Å². The fourth-order valence-corrected chi connectivity index (χ4v) is 4.78. The monoisotopic (exact) mass is 463 g/mol. The van der Waals surface area contributed by atoms with Crippen LogP contribution >= 0.6 is 0 Å². The predicted octanol–water partition coefficient (Wildman–Crippen LogP) is 4.82. The molecule has 8 nitrogen and oxygen atoms in total. The van der Waals surface area contributed by atoms with Gasteiger partial charge in [-0.25, -0.2) is 10.1 Å². The van der Waals surface area contributed by atoms with Gasteiger partial charge in [-0.2, -0.15) is 0 Å². The Bertz CT molecular complexity index is 1550. The van der Waals surface area contributed by atoms with Gasteiger partial charge in [0.15, 0.2) is 5.82 Å². The van der Waals surface area contributed by atoms with Crippen molar-refractivity contribution in [2.45, 2.75) is 39.8 Å². The van der Waals surface area contributed by atoms with Gasteiger partial charge in [-0.3, -0.25) is 4.98 Å². The minimum Gasteiger partial charge on any atom is -0.487 e. The first-order chi connectivity index (χ1) is 17.2. The first kappa shape index (κ1) is 21.2. The summed E-state index contributed by atoms with van der Waals surface area (Å²) in [6.07, 6.45) is 1.96. The average Bonchev–Trinajstić information content (AvgIpc) is 3.50. The molecule has 0 amide bonds. The summed E-state index contributed by atoms with van der Waals surface area (Å²) in [5.41, 5.74) is 7.99. The molecule has 1 aliphatic heterocycles. The lowest BCUT2D eigenvalue weighted by atomic mass is 9.92. The van der Waals surface area contributed by atoms with Crippen molar-refractivity contribution in [1.82, 2.24) is 35.2 Å². The third kappa shape index (κ3) is 3.77. The number of rotatable bonds is 5. The van der Waals surface area contributed by atoms with Gasteiger partial charge in [-0.1, -0.05) is 43.3 Å². The summed E-state index contributed by atoms with van der Waals surface area (Å²) in [7, 11) is 0. The lowest BCUT2D eigenvalue weighted by Crippen LogP contribution is -2.09. The van der Waals surface area contributed by atoms with E-state index in [0.717, 1.165) is 69.1 Å². The van der Waals surface area contributed by atoms with Gasteiger partial charge < -0.3 is 9.30 Å². The molecule has 0 spiro atoms. The number of para-hydroxylation sites is 3. The van der Waals surface area contributed by atoms with E-state index in [-0.39, 0.29) is 0 Å². The van der Waals surface area contributed by atoms with Crippen LogP contribution in [0.4, 0.5) is 0 Å². The number of tetrazole rings is 1. The molecular weight excluding hydrogens is 438 g/mol. The van der Waals surface area contributed by atoms with Gasteiger partial charge in [0.2, 0.25) is 0 Å². The number of benzene rings is 2. The molecule has 0 aliphatic carbocycles. The zero-order valence-corrected chi connectivity index (χ0v) is 19.7. The molecule has 4 heterocycles. The predicted molar refractivity (Wildman–Crippen MR) is 134 cm³/mol. The van der Waals surface area contributed by atoms with E-state index in [1.807, 2.05) is 31.2 Å². The SMILES string of the molecule is CCCc1nc2ccccc2n1Cc1ccc2c(n1)COc1ccccc1C2=C(C)c1nnn[nH]1. The fourth-order valence-electron chi connectivity index (χ4n) is 4.78. The van der Waals surface area contributed by atoms with Crippen LogP contribution in [0, 0.1) is 0 Å². The highest BCUT2D eigenvalue weighted by Gasteiger charge is 2.24. The summed E-state index contributed by atoms with van der Waals surface area (Å²) < 4.78 is 8.50. The van der Waals surface area contributed by atoms with E-state index >= 15 is 0 Å². The zero-order chi connectivity index (χ0) is 23.8. The molecule has 0 radical (unpaired) electrons. The minimum atomic E-state index is 0.387. The second-order valence-electron chi connectivity index (χ2n) is 8.68. The molecule has 2 aromatic carbocycles. The summed E-state index contributed by atoms with van der Waals surface area (Å²) in [6.45, 7) is 5.24. The molecule has 3 aromatic heterocycles. The molecule has 6 rings (SSSR count). The van der Waals surface area contributed by atoms with Crippen molar-refractivity contribution in [3.63, 3.8) is 0 Å². The van der Waals surface area contributed by atoms with Gasteiger partial charge in [-0.05, 0) is 48.0 Å². The molecule has 8 heteroatoms. The number of allylic oxidation sites excluding steroid dienone is 1. The Labute approximate surface area is 202 Å². The summed E-state index contributed by atoms with van der Waals surface area (Å²) in [6, 6.07) is 20.6. The number of aromatic nitrogens is 7. The molecule has 0 atom stereocenters. The van der Waals surface area contributed by atoms with Crippen LogP contribution in [0.25, 0.3) is 22.2 Å². The quantitative estimate of drug-likeness (QED) is 0.402. The Morgan fingerprint density at radius 3 is 2.71 bits per heavy atom. The van der Waals surface area contributed by atoms with E-state index < -0.39 is 0 Å². The number of aromatic amines is 1. The number of pyridine rings is 1. The number of H-pyrrole nitrogens is 1. The lowest BCUT2D eigenvalue weighted by molar-refractivity contribution is 0.302.